The smallest absolute Gasteiger partial charge is 0.321 e. The summed E-state index contributed by atoms with van der Waals surface area (Å²) in [7, 11) is 1.43. The standard InChI is InChI=1S/C13H21N3O4/c1-6(11(17)16-13(20)14-2)15-10-8-4-3-7(5-8)9(10)12(18)19/h6-10,15H,3-5H2,1-2H3,(H,18,19)(H2,14,16,17,20). The van der Waals surface area contributed by atoms with Gasteiger partial charge in [-0.2, -0.15) is 0 Å². The lowest BCUT2D eigenvalue weighted by atomic mass is 9.84. The Kier molecular flexibility index (Phi) is 4.27. The molecule has 20 heavy (non-hydrogen) atoms. The summed E-state index contributed by atoms with van der Waals surface area (Å²) in [6, 6.07) is -1.35. The van der Waals surface area contributed by atoms with Gasteiger partial charge in [-0.1, -0.05) is 0 Å². The van der Waals surface area contributed by atoms with Crippen molar-refractivity contribution in [3.05, 3.63) is 0 Å². The Balaban J connectivity index is 1.96. The number of carbonyl (C=O) groups is 3. The molecule has 2 aliphatic rings. The first-order valence-electron chi connectivity index (χ1n) is 6.95. The van der Waals surface area contributed by atoms with Gasteiger partial charge in [0.1, 0.15) is 0 Å². The molecule has 2 bridgehead atoms. The van der Waals surface area contributed by atoms with E-state index in [1.165, 1.54) is 7.05 Å². The van der Waals surface area contributed by atoms with Crippen LogP contribution in [0.2, 0.25) is 0 Å². The van der Waals surface area contributed by atoms with E-state index >= 15 is 0 Å². The maximum absolute atomic E-state index is 11.8. The van der Waals surface area contributed by atoms with E-state index in [1.54, 1.807) is 6.92 Å². The van der Waals surface area contributed by atoms with E-state index in [2.05, 4.69) is 16.0 Å². The van der Waals surface area contributed by atoms with E-state index in [9.17, 15) is 19.5 Å². The first-order chi connectivity index (χ1) is 9.43. The number of fused-ring (bicyclic) bond motifs is 2. The highest BCUT2D eigenvalue weighted by Crippen LogP contribution is 2.48. The molecule has 0 aromatic rings. The number of carboxylic acid groups (broad SMARTS) is 1. The summed E-state index contributed by atoms with van der Waals surface area (Å²) in [5, 5.41) is 16.9. The molecule has 0 heterocycles. The summed E-state index contributed by atoms with van der Waals surface area (Å²) in [6.45, 7) is 1.64. The summed E-state index contributed by atoms with van der Waals surface area (Å²) in [4.78, 5) is 34.3. The second kappa shape index (κ2) is 5.78. The van der Waals surface area contributed by atoms with Crippen molar-refractivity contribution in [1.82, 2.24) is 16.0 Å². The first-order valence-corrected chi connectivity index (χ1v) is 6.95. The summed E-state index contributed by atoms with van der Waals surface area (Å²) < 4.78 is 0. The predicted octanol–water partition coefficient (Wildman–Crippen LogP) is -0.0806. The van der Waals surface area contributed by atoms with Gasteiger partial charge in [0.25, 0.3) is 0 Å². The van der Waals surface area contributed by atoms with Crippen LogP contribution in [0.5, 0.6) is 0 Å². The summed E-state index contributed by atoms with van der Waals surface area (Å²) in [5.74, 6) is -1.14. The number of nitrogens with one attached hydrogen (secondary N) is 3. The number of carbonyl (C=O) groups excluding carboxylic acids is 2. The molecule has 0 spiro atoms. The average molecular weight is 283 g/mol. The summed E-state index contributed by atoms with van der Waals surface area (Å²) in [6.07, 6.45) is 2.88. The van der Waals surface area contributed by atoms with Gasteiger partial charge in [-0.3, -0.25) is 14.9 Å². The van der Waals surface area contributed by atoms with E-state index in [4.69, 9.17) is 0 Å². The molecule has 0 saturated heterocycles. The molecule has 4 N–H and O–H groups in total. The minimum atomic E-state index is -0.798. The zero-order chi connectivity index (χ0) is 14.9. The molecule has 2 fully saturated rings. The van der Waals surface area contributed by atoms with Gasteiger partial charge in [-0.05, 0) is 38.0 Å². The lowest BCUT2D eigenvalue weighted by molar-refractivity contribution is -0.144. The van der Waals surface area contributed by atoms with Crippen LogP contribution in [0.25, 0.3) is 0 Å². The van der Waals surface area contributed by atoms with Crippen LogP contribution in [0, 0.1) is 17.8 Å². The normalized spacial score (nSPS) is 32.7. The minimum Gasteiger partial charge on any atom is -0.481 e. The van der Waals surface area contributed by atoms with Crippen molar-refractivity contribution in [1.29, 1.82) is 0 Å². The largest absolute Gasteiger partial charge is 0.481 e. The van der Waals surface area contributed by atoms with Crippen molar-refractivity contribution >= 4 is 17.9 Å². The molecule has 112 valence electrons. The van der Waals surface area contributed by atoms with Crippen LogP contribution in [0.15, 0.2) is 0 Å². The highest BCUT2D eigenvalue weighted by molar-refractivity contribution is 5.96. The van der Waals surface area contributed by atoms with Crippen LogP contribution in [-0.2, 0) is 9.59 Å². The van der Waals surface area contributed by atoms with E-state index in [0.29, 0.717) is 5.92 Å². The van der Waals surface area contributed by atoms with Gasteiger partial charge in [0.15, 0.2) is 0 Å². The Hall–Kier alpha value is -1.63. The number of urea groups is 1. The van der Waals surface area contributed by atoms with Gasteiger partial charge in [-0.25, -0.2) is 4.79 Å². The average Bonchev–Trinajstić information content (AvgIpc) is 2.98. The lowest BCUT2D eigenvalue weighted by Gasteiger charge is -2.31. The van der Waals surface area contributed by atoms with E-state index < -0.39 is 29.9 Å². The number of imide groups is 1. The maximum Gasteiger partial charge on any atom is 0.321 e. The minimum absolute atomic E-state index is 0.184. The molecule has 3 amide bonds. The van der Waals surface area contributed by atoms with E-state index in [0.717, 1.165) is 19.3 Å². The van der Waals surface area contributed by atoms with E-state index in [-0.39, 0.29) is 12.0 Å². The van der Waals surface area contributed by atoms with Crippen molar-refractivity contribution in [3.63, 3.8) is 0 Å². The molecule has 5 unspecified atom stereocenters. The summed E-state index contributed by atoms with van der Waals surface area (Å²) in [5.41, 5.74) is 0. The van der Waals surface area contributed by atoms with Gasteiger partial charge in [0.05, 0.1) is 12.0 Å². The predicted molar refractivity (Wildman–Crippen MR) is 70.9 cm³/mol. The number of hydrogen-bond donors (Lipinski definition) is 4. The molecule has 2 rings (SSSR count). The molecular formula is C13H21N3O4. The zero-order valence-corrected chi connectivity index (χ0v) is 11.7. The molecule has 0 aromatic carbocycles. The first kappa shape index (κ1) is 14.8. The van der Waals surface area contributed by atoms with Crippen LogP contribution < -0.4 is 16.0 Å². The van der Waals surface area contributed by atoms with Crippen molar-refractivity contribution in [2.45, 2.75) is 38.3 Å². The SMILES string of the molecule is CNC(=O)NC(=O)C(C)NC1C2CCC(C2)C1C(=O)O. The van der Waals surface area contributed by atoms with Gasteiger partial charge >= 0.3 is 12.0 Å². The van der Waals surface area contributed by atoms with Crippen molar-refractivity contribution in [3.8, 4) is 0 Å². The molecule has 0 aromatic heterocycles. The molecular weight excluding hydrogens is 262 g/mol. The van der Waals surface area contributed by atoms with Crippen molar-refractivity contribution in [2.24, 2.45) is 17.8 Å². The number of rotatable bonds is 4. The maximum atomic E-state index is 11.8. The second-order valence-corrected chi connectivity index (χ2v) is 5.68. The highest BCUT2D eigenvalue weighted by Gasteiger charge is 2.51. The fourth-order valence-corrected chi connectivity index (χ4v) is 3.53. The number of aliphatic carboxylic acids is 1. The Morgan fingerprint density at radius 3 is 2.45 bits per heavy atom. The molecule has 5 atom stereocenters. The lowest BCUT2D eigenvalue weighted by Crippen LogP contribution is -2.54. The molecule has 7 heteroatoms. The highest BCUT2D eigenvalue weighted by atomic mass is 16.4. The zero-order valence-electron chi connectivity index (χ0n) is 11.7. The topological polar surface area (TPSA) is 108 Å². The van der Waals surface area contributed by atoms with Gasteiger partial charge in [0, 0.05) is 13.1 Å². The molecule has 0 aliphatic heterocycles. The monoisotopic (exact) mass is 283 g/mol. The third-order valence-corrected chi connectivity index (χ3v) is 4.50. The third kappa shape index (κ3) is 2.77. The van der Waals surface area contributed by atoms with Crippen LogP contribution in [0.3, 0.4) is 0 Å². The Labute approximate surface area is 117 Å². The fraction of sp³-hybridized carbons (Fsp3) is 0.769. The van der Waals surface area contributed by atoms with Crippen LogP contribution in [0.4, 0.5) is 4.79 Å². The molecule has 0 radical (unpaired) electrons. The number of carboxylic acids is 1. The Morgan fingerprint density at radius 2 is 1.85 bits per heavy atom. The molecule has 2 aliphatic carbocycles. The number of hydrogen-bond acceptors (Lipinski definition) is 4. The van der Waals surface area contributed by atoms with Gasteiger partial charge < -0.3 is 15.7 Å². The van der Waals surface area contributed by atoms with Crippen LogP contribution in [-0.4, -0.2) is 42.1 Å². The third-order valence-electron chi connectivity index (χ3n) is 4.50. The van der Waals surface area contributed by atoms with Crippen molar-refractivity contribution < 1.29 is 19.5 Å². The van der Waals surface area contributed by atoms with Crippen molar-refractivity contribution in [2.75, 3.05) is 7.05 Å². The quantitative estimate of drug-likeness (QED) is 0.577. The van der Waals surface area contributed by atoms with E-state index in [1.807, 2.05) is 0 Å². The van der Waals surface area contributed by atoms with Gasteiger partial charge in [-0.15, -0.1) is 0 Å². The van der Waals surface area contributed by atoms with Crippen LogP contribution >= 0.6 is 0 Å². The fourth-order valence-electron chi connectivity index (χ4n) is 3.53. The second-order valence-electron chi connectivity index (χ2n) is 5.68. The number of amides is 3. The van der Waals surface area contributed by atoms with Crippen LogP contribution in [0.1, 0.15) is 26.2 Å². The Morgan fingerprint density at radius 1 is 1.20 bits per heavy atom. The van der Waals surface area contributed by atoms with Gasteiger partial charge in [0.2, 0.25) is 5.91 Å². The Bertz CT molecular complexity index is 426. The summed E-state index contributed by atoms with van der Waals surface area (Å²) >= 11 is 0. The molecule has 2 saturated carbocycles. The molecule has 7 nitrogen and oxygen atoms in total.